The molecule has 0 fully saturated rings. The first-order chi connectivity index (χ1) is 9.56. The maximum atomic E-state index is 11.7. The molecule has 0 atom stereocenters. The van der Waals surface area contributed by atoms with Gasteiger partial charge in [-0.25, -0.2) is 0 Å². The molecule has 4 N–H and O–H groups in total. The number of rotatable bonds is 4. The average molecular weight is 273 g/mol. The van der Waals surface area contributed by atoms with Crippen LogP contribution < -0.4 is 11.5 Å². The second-order valence-electron chi connectivity index (χ2n) is 5.25. The van der Waals surface area contributed by atoms with Crippen molar-refractivity contribution in [1.82, 2.24) is 4.90 Å². The quantitative estimate of drug-likeness (QED) is 0.819. The summed E-state index contributed by atoms with van der Waals surface area (Å²) >= 11 is 0. The Kier molecular flexibility index (Phi) is 4.45. The fourth-order valence-corrected chi connectivity index (χ4v) is 2.59. The van der Waals surface area contributed by atoms with E-state index in [1.807, 2.05) is 13.8 Å². The van der Waals surface area contributed by atoms with Crippen molar-refractivity contribution >= 4 is 5.78 Å². The first-order valence-corrected chi connectivity index (χ1v) is 7.12. The van der Waals surface area contributed by atoms with Crippen LogP contribution in [0.2, 0.25) is 0 Å². The number of benzene rings is 1. The smallest absolute Gasteiger partial charge is 0.179 e. The molecular weight excluding hydrogens is 250 g/mol. The van der Waals surface area contributed by atoms with Crippen molar-refractivity contribution in [3.8, 4) is 0 Å². The highest BCUT2D eigenvalue weighted by atomic mass is 16.1. The van der Waals surface area contributed by atoms with Crippen LogP contribution in [0, 0.1) is 0 Å². The SMILES string of the molecule is CCC(=O)/C(N)=C(\C)N1CCc2ccc(CN)cc2C1. The topological polar surface area (TPSA) is 72.4 Å². The van der Waals surface area contributed by atoms with Gasteiger partial charge in [0.2, 0.25) is 0 Å². The molecule has 0 radical (unpaired) electrons. The molecule has 0 aromatic heterocycles. The second-order valence-corrected chi connectivity index (χ2v) is 5.25. The third-order valence-electron chi connectivity index (χ3n) is 4.00. The highest BCUT2D eigenvalue weighted by molar-refractivity contribution is 5.94. The molecule has 0 aliphatic carbocycles. The predicted octanol–water partition coefficient (Wildman–Crippen LogP) is 1.67. The van der Waals surface area contributed by atoms with E-state index >= 15 is 0 Å². The van der Waals surface area contributed by atoms with Crippen LogP contribution in [0.4, 0.5) is 0 Å². The molecule has 4 heteroatoms. The van der Waals surface area contributed by atoms with Gasteiger partial charge >= 0.3 is 0 Å². The molecule has 1 aliphatic rings. The van der Waals surface area contributed by atoms with E-state index in [0.29, 0.717) is 18.7 Å². The van der Waals surface area contributed by atoms with Crippen molar-refractivity contribution in [3.63, 3.8) is 0 Å². The van der Waals surface area contributed by atoms with Crippen LogP contribution in [0.25, 0.3) is 0 Å². The average Bonchev–Trinajstić information content (AvgIpc) is 2.51. The summed E-state index contributed by atoms with van der Waals surface area (Å²) in [5, 5.41) is 0. The van der Waals surface area contributed by atoms with Gasteiger partial charge in [0.15, 0.2) is 5.78 Å². The van der Waals surface area contributed by atoms with Crippen molar-refractivity contribution < 1.29 is 4.79 Å². The molecule has 4 nitrogen and oxygen atoms in total. The number of carbonyl (C=O) groups is 1. The Morgan fingerprint density at radius 2 is 2.10 bits per heavy atom. The number of ketones is 1. The van der Waals surface area contributed by atoms with Gasteiger partial charge in [0.25, 0.3) is 0 Å². The van der Waals surface area contributed by atoms with E-state index in [4.69, 9.17) is 11.5 Å². The van der Waals surface area contributed by atoms with Gasteiger partial charge in [0, 0.05) is 31.8 Å². The lowest BCUT2D eigenvalue weighted by atomic mass is 9.96. The lowest BCUT2D eigenvalue weighted by Crippen LogP contribution is -2.32. The van der Waals surface area contributed by atoms with Crippen molar-refractivity contribution in [3.05, 3.63) is 46.3 Å². The summed E-state index contributed by atoms with van der Waals surface area (Å²) in [6, 6.07) is 6.41. The molecule has 1 aromatic carbocycles. The number of nitrogens with two attached hydrogens (primary N) is 2. The largest absolute Gasteiger partial charge is 0.394 e. The number of Topliss-reactive ketones (excluding diaryl/α,β-unsaturated/α-hetero) is 1. The van der Waals surface area contributed by atoms with Gasteiger partial charge < -0.3 is 16.4 Å². The summed E-state index contributed by atoms with van der Waals surface area (Å²) in [7, 11) is 0. The standard InChI is InChI=1S/C16H23N3O/c1-3-15(20)16(18)11(2)19-7-6-13-5-4-12(9-17)8-14(13)10-19/h4-5,8H,3,6-7,9-10,17-18H2,1-2H3/b16-11-. The molecule has 0 saturated heterocycles. The van der Waals surface area contributed by atoms with Crippen LogP contribution in [0.15, 0.2) is 29.6 Å². The van der Waals surface area contributed by atoms with E-state index in [-0.39, 0.29) is 5.78 Å². The molecule has 20 heavy (non-hydrogen) atoms. The summed E-state index contributed by atoms with van der Waals surface area (Å²) < 4.78 is 0. The molecular formula is C16H23N3O. The molecule has 0 bridgehead atoms. The van der Waals surface area contributed by atoms with E-state index in [9.17, 15) is 4.79 Å². The van der Waals surface area contributed by atoms with Gasteiger partial charge in [-0.2, -0.15) is 0 Å². The summed E-state index contributed by atoms with van der Waals surface area (Å²) in [5.41, 5.74) is 16.7. The van der Waals surface area contributed by atoms with Gasteiger partial charge in [-0.1, -0.05) is 25.1 Å². The number of hydrogen-bond acceptors (Lipinski definition) is 4. The first kappa shape index (κ1) is 14.6. The van der Waals surface area contributed by atoms with Crippen molar-refractivity contribution in [1.29, 1.82) is 0 Å². The van der Waals surface area contributed by atoms with E-state index in [2.05, 4.69) is 23.1 Å². The predicted molar refractivity (Wildman–Crippen MR) is 80.6 cm³/mol. The Morgan fingerprint density at radius 1 is 1.35 bits per heavy atom. The normalized spacial score (nSPS) is 15.7. The minimum Gasteiger partial charge on any atom is -0.394 e. The molecule has 0 unspecified atom stereocenters. The molecule has 0 spiro atoms. The minimum absolute atomic E-state index is 0.0176. The van der Waals surface area contributed by atoms with Crippen LogP contribution in [-0.2, 0) is 24.3 Å². The summed E-state index contributed by atoms with van der Waals surface area (Å²) in [4.78, 5) is 13.9. The summed E-state index contributed by atoms with van der Waals surface area (Å²) in [5.74, 6) is 0.0176. The van der Waals surface area contributed by atoms with Gasteiger partial charge in [-0.05, 0) is 30.0 Å². The zero-order chi connectivity index (χ0) is 14.7. The van der Waals surface area contributed by atoms with E-state index < -0.39 is 0 Å². The number of nitrogens with zero attached hydrogens (tertiary/aromatic N) is 1. The van der Waals surface area contributed by atoms with Crippen molar-refractivity contribution in [2.45, 2.75) is 39.8 Å². The summed E-state index contributed by atoms with van der Waals surface area (Å²) in [6.07, 6.45) is 1.43. The van der Waals surface area contributed by atoms with Crippen LogP contribution in [-0.4, -0.2) is 17.2 Å². The zero-order valence-corrected chi connectivity index (χ0v) is 12.3. The summed E-state index contributed by atoms with van der Waals surface area (Å²) in [6.45, 7) is 6.02. The molecule has 0 amide bonds. The molecule has 1 aromatic rings. The minimum atomic E-state index is 0.0176. The maximum Gasteiger partial charge on any atom is 0.179 e. The van der Waals surface area contributed by atoms with Crippen LogP contribution >= 0.6 is 0 Å². The lowest BCUT2D eigenvalue weighted by Gasteiger charge is -2.32. The Labute approximate surface area is 120 Å². The number of fused-ring (bicyclic) bond motifs is 1. The Hall–Kier alpha value is -1.81. The van der Waals surface area contributed by atoms with Crippen molar-refractivity contribution in [2.75, 3.05) is 6.54 Å². The maximum absolute atomic E-state index is 11.7. The number of hydrogen-bond donors (Lipinski definition) is 2. The Morgan fingerprint density at radius 3 is 2.75 bits per heavy atom. The first-order valence-electron chi connectivity index (χ1n) is 7.12. The zero-order valence-electron chi connectivity index (χ0n) is 12.3. The van der Waals surface area contributed by atoms with Crippen LogP contribution in [0.5, 0.6) is 0 Å². The number of allylic oxidation sites excluding steroid dienone is 2. The molecule has 1 aliphatic heterocycles. The lowest BCUT2D eigenvalue weighted by molar-refractivity contribution is -0.115. The molecule has 108 valence electrons. The fraction of sp³-hybridized carbons (Fsp3) is 0.438. The van der Waals surface area contributed by atoms with Gasteiger partial charge in [-0.15, -0.1) is 0 Å². The molecule has 0 saturated carbocycles. The highest BCUT2D eigenvalue weighted by Gasteiger charge is 2.19. The van der Waals surface area contributed by atoms with E-state index in [1.54, 1.807) is 0 Å². The Bertz CT molecular complexity index is 549. The Balaban J connectivity index is 2.24. The monoisotopic (exact) mass is 273 g/mol. The third kappa shape index (κ3) is 2.85. The number of carbonyl (C=O) groups excluding carboxylic acids is 1. The highest BCUT2D eigenvalue weighted by Crippen LogP contribution is 2.23. The van der Waals surface area contributed by atoms with E-state index in [0.717, 1.165) is 30.8 Å². The van der Waals surface area contributed by atoms with Gasteiger partial charge in [0.05, 0.1) is 5.70 Å². The van der Waals surface area contributed by atoms with Crippen molar-refractivity contribution in [2.24, 2.45) is 11.5 Å². The molecule has 1 heterocycles. The van der Waals surface area contributed by atoms with Crippen LogP contribution in [0.3, 0.4) is 0 Å². The van der Waals surface area contributed by atoms with Gasteiger partial charge in [0.1, 0.15) is 0 Å². The van der Waals surface area contributed by atoms with Gasteiger partial charge in [-0.3, -0.25) is 4.79 Å². The molecule has 2 rings (SSSR count). The fourth-order valence-electron chi connectivity index (χ4n) is 2.59. The van der Waals surface area contributed by atoms with E-state index in [1.165, 1.54) is 11.1 Å². The van der Waals surface area contributed by atoms with Crippen LogP contribution in [0.1, 0.15) is 37.0 Å². The third-order valence-corrected chi connectivity index (χ3v) is 4.00. The second kappa shape index (κ2) is 6.09.